The summed E-state index contributed by atoms with van der Waals surface area (Å²) in [4.78, 5) is 4.11. The molecule has 0 amide bonds. The second-order valence-electron chi connectivity index (χ2n) is 4.86. The van der Waals surface area contributed by atoms with Crippen LogP contribution in [0.3, 0.4) is 0 Å². The molecule has 1 aromatic carbocycles. The summed E-state index contributed by atoms with van der Waals surface area (Å²) >= 11 is 0. The minimum absolute atomic E-state index is 0.359. The Bertz CT molecular complexity index is 580. The second-order valence-corrected chi connectivity index (χ2v) is 4.86. The second kappa shape index (κ2) is 5.01. The van der Waals surface area contributed by atoms with Crippen molar-refractivity contribution in [3.05, 3.63) is 41.5 Å². The molecule has 0 fully saturated rings. The van der Waals surface area contributed by atoms with E-state index in [-0.39, 0.29) is 6.10 Å². The molecule has 1 aliphatic carbocycles. The van der Waals surface area contributed by atoms with Crippen molar-refractivity contribution in [3.63, 3.8) is 0 Å². The molecule has 0 unspecified atom stereocenters. The van der Waals surface area contributed by atoms with Crippen molar-refractivity contribution >= 4 is 0 Å². The van der Waals surface area contributed by atoms with Crippen molar-refractivity contribution in [3.8, 4) is 5.75 Å². The van der Waals surface area contributed by atoms with Crippen LogP contribution in [0.4, 0.5) is 0 Å². The number of hydrogen-bond acceptors (Lipinski definition) is 4. The molecular formula is C14H17N3O2. The van der Waals surface area contributed by atoms with Crippen LogP contribution >= 0.6 is 0 Å². The van der Waals surface area contributed by atoms with Crippen molar-refractivity contribution in [1.82, 2.24) is 14.8 Å². The van der Waals surface area contributed by atoms with E-state index in [9.17, 15) is 5.11 Å². The van der Waals surface area contributed by atoms with E-state index in [1.165, 1.54) is 11.9 Å². The summed E-state index contributed by atoms with van der Waals surface area (Å²) in [6.07, 6.45) is 4.07. The molecule has 0 spiro atoms. The average molecular weight is 259 g/mol. The summed E-state index contributed by atoms with van der Waals surface area (Å²) in [5.74, 6) is 1.54. The maximum absolute atomic E-state index is 10.0. The van der Waals surface area contributed by atoms with Crippen LogP contribution in [0.5, 0.6) is 5.75 Å². The summed E-state index contributed by atoms with van der Waals surface area (Å²) in [5.41, 5.74) is 2.23. The van der Waals surface area contributed by atoms with Gasteiger partial charge >= 0.3 is 0 Å². The molecule has 0 aliphatic heterocycles. The first kappa shape index (κ1) is 12.2. The zero-order valence-electron chi connectivity index (χ0n) is 10.9. The predicted octanol–water partition coefficient (Wildman–Crippen LogP) is 1.76. The smallest absolute Gasteiger partial charge is 0.164 e. The number of aromatic nitrogens is 3. The fourth-order valence-electron chi connectivity index (χ4n) is 2.44. The number of aliphatic hydroxyl groups excluding tert-OH is 1. The largest absolute Gasteiger partial charge is 0.486 e. The highest BCUT2D eigenvalue weighted by Gasteiger charge is 2.18. The van der Waals surface area contributed by atoms with Crippen LogP contribution in [0.2, 0.25) is 0 Å². The molecule has 5 nitrogen and oxygen atoms in total. The van der Waals surface area contributed by atoms with Gasteiger partial charge in [0.05, 0.1) is 6.10 Å². The number of rotatable bonds is 3. The SMILES string of the molecule is Cn1ncnc1COc1ccc2c(c1)[C@H](O)CCC2. The standard InChI is InChI=1S/C14H17N3O2/c1-17-14(15-9-16-17)8-19-11-6-5-10-3-2-4-13(18)12(10)7-11/h5-7,9,13,18H,2-4,8H2,1H3/t13-/m1/s1. The zero-order valence-corrected chi connectivity index (χ0v) is 10.9. The third-order valence-electron chi connectivity index (χ3n) is 3.57. The third-order valence-corrected chi connectivity index (χ3v) is 3.57. The van der Waals surface area contributed by atoms with Gasteiger partial charge in [0.2, 0.25) is 0 Å². The van der Waals surface area contributed by atoms with Crippen LogP contribution in [-0.4, -0.2) is 19.9 Å². The Morgan fingerprint density at radius 2 is 2.37 bits per heavy atom. The molecule has 1 atom stereocenters. The van der Waals surface area contributed by atoms with Gasteiger partial charge in [0, 0.05) is 7.05 Å². The van der Waals surface area contributed by atoms with Crippen LogP contribution in [0.25, 0.3) is 0 Å². The van der Waals surface area contributed by atoms with Gasteiger partial charge in [-0.05, 0) is 42.5 Å². The van der Waals surface area contributed by atoms with Gasteiger partial charge in [-0.2, -0.15) is 5.10 Å². The number of aryl methyl sites for hydroxylation is 2. The molecule has 3 rings (SSSR count). The van der Waals surface area contributed by atoms with E-state index >= 15 is 0 Å². The minimum Gasteiger partial charge on any atom is -0.486 e. The number of ether oxygens (including phenoxy) is 1. The third kappa shape index (κ3) is 2.46. The highest BCUT2D eigenvalue weighted by Crippen LogP contribution is 2.32. The number of hydrogen-bond donors (Lipinski definition) is 1. The summed E-state index contributed by atoms with van der Waals surface area (Å²) in [5, 5.41) is 14.0. The van der Waals surface area contributed by atoms with Crippen molar-refractivity contribution in [1.29, 1.82) is 0 Å². The van der Waals surface area contributed by atoms with E-state index in [2.05, 4.69) is 10.1 Å². The van der Waals surface area contributed by atoms with Crippen molar-refractivity contribution < 1.29 is 9.84 Å². The lowest BCUT2D eigenvalue weighted by Crippen LogP contribution is -2.10. The Morgan fingerprint density at radius 3 is 3.16 bits per heavy atom. The Labute approximate surface area is 111 Å². The molecule has 19 heavy (non-hydrogen) atoms. The molecule has 100 valence electrons. The minimum atomic E-state index is -0.359. The van der Waals surface area contributed by atoms with Gasteiger partial charge in [-0.3, -0.25) is 4.68 Å². The number of benzene rings is 1. The van der Waals surface area contributed by atoms with E-state index in [1.807, 2.05) is 25.2 Å². The zero-order chi connectivity index (χ0) is 13.2. The lowest BCUT2D eigenvalue weighted by molar-refractivity contribution is 0.156. The molecule has 0 radical (unpaired) electrons. The van der Waals surface area contributed by atoms with Crippen molar-refractivity contribution in [2.75, 3.05) is 0 Å². The number of fused-ring (bicyclic) bond motifs is 1. The molecule has 1 aliphatic rings. The van der Waals surface area contributed by atoms with E-state index in [0.29, 0.717) is 6.61 Å². The Balaban J connectivity index is 1.75. The van der Waals surface area contributed by atoms with Crippen LogP contribution < -0.4 is 4.74 Å². The quantitative estimate of drug-likeness (QED) is 0.912. The maximum Gasteiger partial charge on any atom is 0.164 e. The van der Waals surface area contributed by atoms with E-state index in [4.69, 9.17) is 4.74 Å². The lowest BCUT2D eigenvalue weighted by Gasteiger charge is -2.21. The normalized spacial score (nSPS) is 18.1. The Kier molecular flexibility index (Phi) is 3.21. The topological polar surface area (TPSA) is 60.2 Å². The highest BCUT2D eigenvalue weighted by molar-refractivity contribution is 5.38. The molecular weight excluding hydrogens is 242 g/mol. The molecule has 2 aromatic rings. The fourth-order valence-corrected chi connectivity index (χ4v) is 2.44. The predicted molar refractivity (Wildman–Crippen MR) is 69.7 cm³/mol. The maximum atomic E-state index is 10.0. The van der Waals surface area contributed by atoms with Crippen molar-refractivity contribution in [2.45, 2.75) is 32.0 Å². The van der Waals surface area contributed by atoms with Gasteiger partial charge < -0.3 is 9.84 Å². The Hall–Kier alpha value is -1.88. The first-order valence-electron chi connectivity index (χ1n) is 6.50. The molecule has 0 saturated carbocycles. The summed E-state index contributed by atoms with van der Waals surface area (Å²) in [7, 11) is 1.84. The monoisotopic (exact) mass is 259 g/mol. The number of nitrogens with zero attached hydrogens (tertiary/aromatic N) is 3. The van der Waals surface area contributed by atoms with Crippen LogP contribution in [0.15, 0.2) is 24.5 Å². The van der Waals surface area contributed by atoms with Gasteiger partial charge in [0.1, 0.15) is 18.7 Å². The first-order valence-corrected chi connectivity index (χ1v) is 6.50. The van der Waals surface area contributed by atoms with Gasteiger partial charge in [0.25, 0.3) is 0 Å². The average Bonchev–Trinajstić information content (AvgIpc) is 2.83. The van der Waals surface area contributed by atoms with Gasteiger partial charge in [-0.1, -0.05) is 6.07 Å². The molecule has 1 aromatic heterocycles. The molecule has 0 bridgehead atoms. The van der Waals surface area contributed by atoms with E-state index < -0.39 is 0 Å². The van der Waals surface area contributed by atoms with Crippen molar-refractivity contribution in [2.24, 2.45) is 7.05 Å². The van der Waals surface area contributed by atoms with E-state index in [0.717, 1.165) is 36.4 Å². The fraction of sp³-hybridized carbons (Fsp3) is 0.429. The summed E-state index contributed by atoms with van der Waals surface area (Å²) < 4.78 is 7.40. The first-order chi connectivity index (χ1) is 9.24. The lowest BCUT2D eigenvalue weighted by atomic mass is 9.89. The van der Waals surface area contributed by atoms with Gasteiger partial charge in [-0.25, -0.2) is 4.98 Å². The molecule has 0 saturated heterocycles. The van der Waals surface area contributed by atoms with Gasteiger partial charge in [-0.15, -0.1) is 0 Å². The molecule has 5 heteroatoms. The summed E-state index contributed by atoms with van der Waals surface area (Å²) in [6.45, 7) is 0.380. The van der Waals surface area contributed by atoms with E-state index in [1.54, 1.807) is 4.68 Å². The van der Waals surface area contributed by atoms with Crippen LogP contribution in [0.1, 0.15) is 35.9 Å². The summed E-state index contributed by atoms with van der Waals surface area (Å²) in [6, 6.07) is 5.94. The molecule has 1 N–H and O–H groups in total. The van der Waals surface area contributed by atoms with Gasteiger partial charge in [0.15, 0.2) is 5.82 Å². The van der Waals surface area contributed by atoms with Crippen LogP contribution in [0, 0.1) is 0 Å². The number of aliphatic hydroxyl groups is 1. The molecule has 1 heterocycles. The Morgan fingerprint density at radius 1 is 1.47 bits per heavy atom. The highest BCUT2D eigenvalue weighted by atomic mass is 16.5. The van der Waals surface area contributed by atoms with Crippen LogP contribution in [-0.2, 0) is 20.1 Å².